The maximum atomic E-state index is 10.9. The highest BCUT2D eigenvalue weighted by atomic mass is 16.6. The fourth-order valence-electron chi connectivity index (χ4n) is 0.613. The van der Waals surface area contributed by atoms with Gasteiger partial charge in [-0.2, -0.15) is 0 Å². The third kappa shape index (κ3) is 2.87. The van der Waals surface area contributed by atoms with Crippen molar-refractivity contribution in [3.63, 3.8) is 0 Å². The Morgan fingerprint density at radius 1 is 1.17 bits per heavy atom. The van der Waals surface area contributed by atoms with Gasteiger partial charge in [0.15, 0.2) is 0 Å². The van der Waals surface area contributed by atoms with Gasteiger partial charge in [0.2, 0.25) is 0 Å². The monoisotopic (exact) mass is 176 g/mol. The number of esters is 2. The summed E-state index contributed by atoms with van der Waals surface area (Å²) in [6, 6.07) is 0. The summed E-state index contributed by atoms with van der Waals surface area (Å²) in [7, 11) is 2.36. The van der Waals surface area contributed by atoms with Gasteiger partial charge in [-0.1, -0.05) is 0 Å². The van der Waals surface area contributed by atoms with Gasteiger partial charge in [0.05, 0.1) is 14.2 Å². The molecule has 0 amide bonds. The molecule has 0 aromatic carbocycles. The summed E-state index contributed by atoms with van der Waals surface area (Å²) < 4.78 is 13.4. The molecule has 0 radical (unpaired) electrons. The van der Waals surface area contributed by atoms with Gasteiger partial charge in [-0.05, 0) is 6.92 Å². The van der Waals surface area contributed by atoms with Crippen molar-refractivity contribution < 1.29 is 23.8 Å². The average Bonchev–Trinajstić information content (AvgIpc) is 2.11. The second-order valence-electron chi connectivity index (χ2n) is 1.88. The van der Waals surface area contributed by atoms with Crippen LogP contribution in [0.4, 0.5) is 0 Å². The van der Waals surface area contributed by atoms with Gasteiger partial charge in [0.25, 0.3) is 6.10 Å². The molecular formula is C7H12O5. The highest BCUT2D eigenvalue weighted by Gasteiger charge is 2.28. The van der Waals surface area contributed by atoms with Crippen LogP contribution in [0.15, 0.2) is 0 Å². The summed E-state index contributed by atoms with van der Waals surface area (Å²) in [6.45, 7) is 1.91. The van der Waals surface area contributed by atoms with Crippen molar-refractivity contribution in [2.24, 2.45) is 0 Å². The first-order valence-electron chi connectivity index (χ1n) is 3.44. The van der Waals surface area contributed by atoms with E-state index >= 15 is 0 Å². The molecule has 0 atom stereocenters. The molecule has 0 saturated carbocycles. The van der Waals surface area contributed by atoms with E-state index in [1.165, 1.54) is 14.2 Å². The largest absolute Gasteiger partial charge is 0.467 e. The topological polar surface area (TPSA) is 61.8 Å². The molecule has 0 N–H and O–H groups in total. The first-order chi connectivity index (χ1) is 5.67. The molecule has 12 heavy (non-hydrogen) atoms. The summed E-state index contributed by atoms with van der Waals surface area (Å²) in [4.78, 5) is 21.7. The number of ether oxygens (including phenoxy) is 3. The molecule has 0 saturated heterocycles. The van der Waals surface area contributed by atoms with Crippen molar-refractivity contribution in [2.45, 2.75) is 13.0 Å². The number of methoxy groups -OCH3 is 2. The van der Waals surface area contributed by atoms with E-state index in [4.69, 9.17) is 4.74 Å². The van der Waals surface area contributed by atoms with Crippen LogP contribution < -0.4 is 0 Å². The molecule has 0 aromatic rings. The Labute approximate surface area is 70.6 Å². The lowest BCUT2D eigenvalue weighted by atomic mass is 10.3. The molecule has 0 aliphatic carbocycles. The molecule has 70 valence electrons. The second-order valence-corrected chi connectivity index (χ2v) is 1.88. The highest BCUT2D eigenvalue weighted by molar-refractivity contribution is 5.97. The minimum atomic E-state index is -1.26. The van der Waals surface area contributed by atoms with Crippen LogP contribution in [-0.4, -0.2) is 38.9 Å². The molecule has 0 fully saturated rings. The van der Waals surface area contributed by atoms with E-state index in [2.05, 4.69) is 9.47 Å². The zero-order valence-corrected chi connectivity index (χ0v) is 7.33. The molecule has 0 spiro atoms. The molecule has 0 rings (SSSR count). The Kier molecular flexibility index (Phi) is 5.03. The minimum Gasteiger partial charge on any atom is -0.467 e. The molecule has 0 aromatic heterocycles. The Hall–Kier alpha value is -1.10. The van der Waals surface area contributed by atoms with E-state index in [-0.39, 0.29) is 6.61 Å². The smallest absolute Gasteiger partial charge is 0.346 e. The van der Waals surface area contributed by atoms with Gasteiger partial charge in [0.1, 0.15) is 0 Å². The fourth-order valence-corrected chi connectivity index (χ4v) is 0.613. The number of hydrogen-bond donors (Lipinski definition) is 0. The van der Waals surface area contributed by atoms with E-state index < -0.39 is 18.0 Å². The van der Waals surface area contributed by atoms with Gasteiger partial charge >= 0.3 is 11.9 Å². The molecule has 5 heteroatoms. The van der Waals surface area contributed by atoms with Crippen LogP contribution in [0.5, 0.6) is 0 Å². The van der Waals surface area contributed by atoms with Gasteiger partial charge < -0.3 is 14.2 Å². The summed E-state index contributed by atoms with van der Waals surface area (Å²) in [5.41, 5.74) is 0. The molecule has 0 heterocycles. The van der Waals surface area contributed by atoms with Crippen LogP contribution in [-0.2, 0) is 23.8 Å². The first kappa shape index (κ1) is 10.9. The maximum absolute atomic E-state index is 10.9. The minimum absolute atomic E-state index is 0.245. The quantitative estimate of drug-likeness (QED) is 0.436. The predicted octanol–water partition coefficient (Wildman–Crippen LogP) is -0.263. The summed E-state index contributed by atoms with van der Waals surface area (Å²) in [5.74, 6) is -1.49. The summed E-state index contributed by atoms with van der Waals surface area (Å²) >= 11 is 0. The van der Waals surface area contributed by atoms with Crippen molar-refractivity contribution >= 4 is 11.9 Å². The van der Waals surface area contributed by atoms with E-state index in [1.54, 1.807) is 6.92 Å². The van der Waals surface area contributed by atoms with Crippen LogP contribution >= 0.6 is 0 Å². The van der Waals surface area contributed by atoms with Crippen LogP contribution in [0.3, 0.4) is 0 Å². The van der Waals surface area contributed by atoms with E-state index in [9.17, 15) is 9.59 Å². The van der Waals surface area contributed by atoms with Crippen molar-refractivity contribution in [1.82, 2.24) is 0 Å². The van der Waals surface area contributed by atoms with Crippen LogP contribution in [0.25, 0.3) is 0 Å². The maximum Gasteiger partial charge on any atom is 0.346 e. The normalized spacial score (nSPS) is 9.67. The lowest BCUT2D eigenvalue weighted by Gasteiger charge is -2.11. The van der Waals surface area contributed by atoms with E-state index in [1.807, 2.05) is 0 Å². The average molecular weight is 176 g/mol. The standard InChI is InChI=1S/C7H12O5/c1-4-12-5(6(8)10-2)7(9)11-3/h5H,4H2,1-3H3. The Bertz CT molecular complexity index is 149. The SMILES string of the molecule is CCOC(C(=O)OC)C(=O)OC. The zero-order valence-electron chi connectivity index (χ0n) is 7.33. The molecule has 0 aliphatic rings. The number of carbonyl (C=O) groups is 2. The number of carbonyl (C=O) groups excluding carboxylic acids is 2. The molecule has 0 unspecified atom stereocenters. The molecule has 0 bridgehead atoms. The van der Waals surface area contributed by atoms with E-state index in [0.717, 1.165) is 0 Å². The van der Waals surface area contributed by atoms with Crippen molar-refractivity contribution in [3.8, 4) is 0 Å². The first-order valence-corrected chi connectivity index (χ1v) is 3.44. The van der Waals surface area contributed by atoms with Gasteiger partial charge in [-0.15, -0.1) is 0 Å². The van der Waals surface area contributed by atoms with E-state index in [0.29, 0.717) is 0 Å². The fraction of sp³-hybridized carbons (Fsp3) is 0.714. The third-order valence-corrected chi connectivity index (χ3v) is 1.16. The van der Waals surface area contributed by atoms with Crippen molar-refractivity contribution in [2.75, 3.05) is 20.8 Å². The Morgan fingerprint density at radius 3 is 1.83 bits per heavy atom. The lowest BCUT2D eigenvalue weighted by Crippen LogP contribution is -2.34. The van der Waals surface area contributed by atoms with Crippen LogP contribution in [0.2, 0.25) is 0 Å². The highest BCUT2D eigenvalue weighted by Crippen LogP contribution is 1.97. The number of hydrogen-bond acceptors (Lipinski definition) is 5. The number of rotatable bonds is 4. The van der Waals surface area contributed by atoms with Crippen molar-refractivity contribution in [1.29, 1.82) is 0 Å². The Balaban J connectivity index is 4.21. The van der Waals surface area contributed by atoms with Crippen LogP contribution in [0, 0.1) is 0 Å². The summed E-state index contributed by atoms with van der Waals surface area (Å²) in [6.07, 6.45) is -1.26. The van der Waals surface area contributed by atoms with Gasteiger partial charge in [0, 0.05) is 6.61 Å². The molecule has 0 aliphatic heterocycles. The van der Waals surface area contributed by atoms with Crippen LogP contribution in [0.1, 0.15) is 6.92 Å². The second kappa shape index (κ2) is 5.54. The molecular weight excluding hydrogens is 164 g/mol. The molecule has 5 nitrogen and oxygen atoms in total. The van der Waals surface area contributed by atoms with Gasteiger partial charge in [-0.25, -0.2) is 9.59 Å². The van der Waals surface area contributed by atoms with Crippen molar-refractivity contribution in [3.05, 3.63) is 0 Å². The Morgan fingerprint density at radius 2 is 1.58 bits per heavy atom. The summed E-state index contributed by atoms with van der Waals surface area (Å²) in [5, 5.41) is 0. The zero-order chi connectivity index (χ0) is 9.56. The van der Waals surface area contributed by atoms with Gasteiger partial charge in [-0.3, -0.25) is 0 Å². The third-order valence-electron chi connectivity index (χ3n) is 1.16. The lowest BCUT2D eigenvalue weighted by molar-refractivity contribution is -0.169. The predicted molar refractivity (Wildman–Crippen MR) is 39.4 cm³/mol.